The smallest absolute Gasteiger partial charge is 0.226 e. The molecule has 1 aromatic carbocycles. The highest BCUT2D eigenvalue weighted by molar-refractivity contribution is 5.83. The largest absolute Gasteiger partial charge is 0.493 e. The second-order valence-electron chi connectivity index (χ2n) is 10.3. The molecule has 7 rings (SSSR count). The van der Waals surface area contributed by atoms with Crippen LogP contribution in [0.15, 0.2) is 30.9 Å². The molecule has 1 N–H and O–H groups in total. The SMILES string of the molecule is CC(NC(=O)C12CC3CC(C1)CC(n1cncn1)(C3)C2)c1ccc2c(c1)CCCO2. The lowest BCUT2D eigenvalue weighted by atomic mass is 9.46. The van der Waals surface area contributed by atoms with Gasteiger partial charge in [-0.3, -0.25) is 4.79 Å². The lowest BCUT2D eigenvalue weighted by Gasteiger charge is -2.61. The molecule has 1 aliphatic heterocycles. The monoisotopic (exact) mass is 406 g/mol. The molecule has 0 spiro atoms. The molecule has 6 heteroatoms. The van der Waals surface area contributed by atoms with E-state index in [4.69, 9.17) is 4.74 Å². The van der Waals surface area contributed by atoms with Crippen LogP contribution in [0.5, 0.6) is 5.75 Å². The summed E-state index contributed by atoms with van der Waals surface area (Å²) >= 11 is 0. The number of fused-ring (bicyclic) bond motifs is 1. The van der Waals surface area contributed by atoms with Gasteiger partial charge in [0.1, 0.15) is 18.4 Å². The molecule has 30 heavy (non-hydrogen) atoms. The van der Waals surface area contributed by atoms with E-state index in [1.54, 1.807) is 6.33 Å². The van der Waals surface area contributed by atoms with Crippen LogP contribution in [-0.4, -0.2) is 27.3 Å². The number of aromatic nitrogens is 3. The molecule has 0 saturated heterocycles. The highest BCUT2D eigenvalue weighted by Gasteiger charge is 2.61. The predicted molar refractivity (Wildman–Crippen MR) is 112 cm³/mol. The number of rotatable bonds is 4. The van der Waals surface area contributed by atoms with Crippen LogP contribution < -0.4 is 10.1 Å². The number of nitrogens with zero attached hydrogens (tertiary/aromatic N) is 3. The number of amides is 1. The van der Waals surface area contributed by atoms with Crippen LogP contribution >= 0.6 is 0 Å². The standard InChI is InChI=1S/C24H30N4O2/c1-16(19-4-5-21-20(8-19)3-2-6-30-21)27-22(29)23-9-17-7-18(10-23)12-24(11-17,13-23)28-15-25-14-26-28/h4-5,8,14-18H,2-3,6-7,9-13H2,1H3,(H,27,29). The molecule has 6 nitrogen and oxygen atoms in total. The molecule has 3 unspecified atom stereocenters. The van der Waals surface area contributed by atoms with E-state index in [2.05, 4.69) is 45.2 Å². The van der Waals surface area contributed by atoms with Crippen molar-refractivity contribution in [3.8, 4) is 5.75 Å². The summed E-state index contributed by atoms with van der Waals surface area (Å²) in [5.41, 5.74) is 2.15. The zero-order chi connectivity index (χ0) is 20.3. The fourth-order valence-electron chi connectivity index (χ4n) is 7.28. The fraction of sp³-hybridized carbons (Fsp3) is 0.625. The zero-order valence-electron chi connectivity index (χ0n) is 17.6. The van der Waals surface area contributed by atoms with Gasteiger partial charge in [0, 0.05) is 0 Å². The van der Waals surface area contributed by atoms with E-state index in [-0.39, 0.29) is 22.9 Å². The summed E-state index contributed by atoms with van der Waals surface area (Å²) < 4.78 is 7.82. The summed E-state index contributed by atoms with van der Waals surface area (Å²) in [5.74, 6) is 2.48. The summed E-state index contributed by atoms with van der Waals surface area (Å²) in [4.78, 5) is 17.9. The van der Waals surface area contributed by atoms with E-state index in [0.29, 0.717) is 11.8 Å². The summed E-state index contributed by atoms with van der Waals surface area (Å²) in [5, 5.41) is 7.91. The van der Waals surface area contributed by atoms with Crippen LogP contribution in [-0.2, 0) is 16.8 Å². The van der Waals surface area contributed by atoms with Gasteiger partial charge in [-0.15, -0.1) is 0 Å². The Morgan fingerprint density at radius 2 is 2.10 bits per heavy atom. The Balaban J connectivity index is 1.25. The van der Waals surface area contributed by atoms with Gasteiger partial charge >= 0.3 is 0 Å². The third kappa shape index (κ3) is 2.79. The summed E-state index contributed by atoms with van der Waals surface area (Å²) in [6.45, 7) is 2.91. The van der Waals surface area contributed by atoms with Crippen molar-refractivity contribution in [2.24, 2.45) is 17.3 Å². The van der Waals surface area contributed by atoms with Crippen molar-refractivity contribution >= 4 is 5.91 Å². The highest BCUT2D eigenvalue weighted by Crippen LogP contribution is 2.64. The molecule has 3 atom stereocenters. The molecular weight excluding hydrogens is 376 g/mol. The third-order valence-electron chi connectivity index (χ3n) is 8.20. The fourth-order valence-corrected chi connectivity index (χ4v) is 7.28. The van der Waals surface area contributed by atoms with Gasteiger partial charge in [0.25, 0.3) is 0 Å². The Bertz CT molecular complexity index is 956. The van der Waals surface area contributed by atoms with E-state index in [1.807, 2.05) is 6.33 Å². The average Bonchev–Trinajstić information content (AvgIpc) is 3.28. The van der Waals surface area contributed by atoms with E-state index in [1.165, 1.54) is 17.5 Å². The second kappa shape index (κ2) is 6.56. The van der Waals surface area contributed by atoms with Gasteiger partial charge in [-0.1, -0.05) is 12.1 Å². The number of hydrogen-bond donors (Lipinski definition) is 1. The Labute approximate surface area is 177 Å². The summed E-state index contributed by atoms with van der Waals surface area (Å²) in [7, 11) is 0. The van der Waals surface area contributed by atoms with Crippen molar-refractivity contribution in [1.82, 2.24) is 20.1 Å². The van der Waals surface area contributed by atoms with E-state index >= 15 is 0 Å². The van der Waals surface area contributed by atoms with Crippen LogP contribution in [0.25, 0.3) is 0 Å². The molecule has 1 amide bonds. The van der Waals surface area contributed by atoms with Gasteiger partial charge in [0.15, 0.2) is 0 Å². The molecule has 4 bridgehead atoms. The number of benzene rings is 1. The molecule has 1 aromatic heterocycles. The maximum absolute atomic E-state index is 13.7. The minimum Gasteiger partial charge on any atom is -0.493 e. The molecule has 0 radical (unpaired) electrons. The average molecular weight is 407 g/mol. The van der Waals surface area contributed by atoms with Crippen LogP contribution in [0.3, 0.4) is 0 Å². The molecule has 2 aromatic rings. The quantitative estimate of drug-likeness (QED) is 0.839. The van der Waals surface area contributed by atoms with Crippen molar-refractivity contribution in [2.75, 3.05) is 6.61 Å². The molecule has 158 valence electrons. The Hall–Kier alpha value is -2.37. The third-order valence-corrected chi connectivity index (χ3v) is 8.20. The summed E-state index contributed by atoms with van der Waals surface area (Å²) in [6, 6.07) is 6.39. The lowest BCUT2D eigenvalue weighted by molar-refractivity contribution is -0.156. The van der Waals surface area contributed by atoms with Gasteiger partial charge in [0.05, 0.1) is 23.6 Å². The molecule has 2 heterocycles. The first-order valence-corrected chi connectivity index (χ1v) is 11.5. The molecule has 4 saturated carbocycles. The highest BCUT2D eigenvalue weighted by atomic mass is 16.5. The van der Waals surface area contributed by atoms with Crippen LogP contribution in [0.4, 0.5) is 0 Å². The first kappa shape index (κ1) is 18.4. The number of hydrogen-bond acceptors (Lipinski definition) is 4. The van der Waals surface area contributed by atoms with Gasteiger partial charge in [-0.25, -0.2) is 9.67 Å². The van der Waals surface area contributed by atoms with Crippen molar-refractivity contribution in [3.63, 3.8) is 0 Å². The molecular formula is C24H30N4O2. The van der Waals surface area contributed by atoms with E-state index in [0.717, 1.165) is 57.3 Å². The Morgan fingerprint density at radius 1 is 1.27 bits per heavy atom. The topological polar surface area (TPSA) is 69.0 Å². The van der Waals surface area contributed by atoms with Gasteiger partial charge < -0.3 is 10.1 Å². The maximum Gasteiger partial charge on any atom is 0.226 e. The van der Waals surface area contributed by atoms with Gasteiger partial charge in [-0.2, -0.15) is 5.10 Å². The second-order valence-corrected chi connectivity index (χ2v) is 10.3. The van der Waals surface area contributed by atoms with E-state index < -0.39 is 0 Å². The van der Waals surface area contributed by atoms with Crippen LogP contribution in [0, 0.1) is 17.3 Å². The van der Waals surface area contributed by atoms with Crippen molar-refractivity contribution in [3.05, 3.63) is 42.0 Å². The number of nitrogens with one attached hydrogen (secondary N) is 1. The number of aryl methyl sites for hydroxylation is 1. The first-order valence-electron chi connectivity index (χ1n) is 11.5. The minimum atomic E-state index is -0.262. The Morgan fingerprint density at radius 3 is 2.87 bits per heavy atom. The number of carbonyl (C=O) groups excluding carboxylic acids is 1. The predicted octanol–water partition coefficient (Wildman–Crippen LogP) is 3.78. The number of carbonyl (C=O) groups is 1. The molecule has 4 aliphatic carbocycles. The first-order chi connectivity index (χ1) is 14.6. The molecule has 5 aliphatic rings. The van der Waals surface area contributed by atoms with Crippen molar-refractivity contribution < 1.29 is 9.53 Å². The summed E-state index contributed by atoms with van der Waals surface area (Å²) in [6.07, 6.45) is 12.1. The van der Waals surface area contributed by atoms with Crippen molar-refractivity contribution in [1.29, 1.82) is 0 Å². The van der Waals surface area contributed by atoms with Gasteiger partial charge in [-0.05, 0) is 87.3 Å². The number of ether oxygens (including phenoxy) is 1. The maximum atomic E-state index is 13.7. The van der Waals surface area contributed by atoms with Crippen LogP contribution in [0.2, 0.25) is 0 Å². The zero-order valence-corrected chi connectivity index (χ0v) is 17.6. The normalized spacial score (nSPS) is 34.8. The Kier molecular flexibility index (Phi) is 4.03. The van der Waals surface area contributed by atoms with Crippen LogP contribution in [0.1, 0.15) is 69.0 Å². The molecule has 4 fully saturated rings. The lowest BCUT2D eigenvalue weighted by Crippen LogP contribution is -2.61. The van der Waals surface area contributed by atoms with E-state index in [9.17, 15) is 4.79 Å². The van der Waals surface area contributed by atoms with Gasteiger partial charge in [0.2, 0.25) is 5.91 Å². The minimum absolute atomic E-state index is 0.0000473. The van der Waals surface area contributed by atoms with Crippen molar-refractivity contribution in [2.45, 2.75) is 69.9 Å².